The van der Waals surface area contributed by atoms with Gasteiger partial charge in [-0.2, -0.15) is 0 Å². The van der Waals surface area contributed by atoms with Crippen molar-refractivity contribution in [3.05, 3.63) is 34.0 Å². The molecule has 2 heteroatoms. The molecule has 1 aromatic rings. The highest BCUT2D eigenvalue weighted by Crippen LogP contribution is 2.19. The molecule has 0 atom stereocenters. The molecule has 0 spiro atoms. The van der Waals surface area contributed by atoms with Crippen LogP contribution >= 0.6 is 11.3 Å². The Labute approximate surface area is 102 Å². The highest BCUT2D eigenvalue weighted by molar-refractivity contribution is 7.13. The Morgan fingerprint density at radius 3 is 2.44 bits per heavy atom. The number of hydrogen-bond donors (Lipinski definition) is 1. The van der Waals surface area contributed by atoms with Gasteiger partial charge in [0.1, 0.15) is 0 Å². The van der Waals surface area contributed by atoms with Crippen LogP contribution in [0.4, 0.5) is 0 Å². The number of unbranched alkanes of at least 4 members (excludes halogenated alkanes) is 3. The molecule has 0 aliphatic heterocycles. The van der Waals surface area contributed by atoms with Crippen LogP contribution in [0.5, 0.6) is 0 Å². The highest BCUT2D eigenvalue weighted by atomic mass is 32.1. The molecule has 0 saturated carbocycles. The first kappa shape index (κ1) is 13.2. The summed E-state index contributed by atoms with van der Waals surface area (Å²) in [5.74, 6) is 0. The number of thiophene rings is 1. The summed E-state index contributed by atoms with van der Waals surface area (Å²) < 4.78 is 0. The average molecular weight is 236 g/mol. The third-order valence-electron chi connectivity index (χ3n) is 2.29. The minimum absolute atomic E-state index is 0.111. The molecular formula is C14H20OS. The Morgan fingerprint density at radius 2 is 1.81 bits per heavy atom. The van der Waals surface area contributed by atoms with Crippen LogP contribution in [0.2, 0.25) is 0 Å². The summed E-state index contributed by atoms with van der Waals surface area (Å²) in [4.78, 5) is 2.48. The molecule has 0 aromatic carbocycles. The van der Waals surface area contributed by atoms with Crippen molar-refractivity contribution in [3.8, 4) is 0 Å². The fourth-order valence-corrected chi connectivity index (χ4v) is 2.30. The molecule has 1 nitrogen and oxygen atoms in total. The van der Waals surface area contributed by atoms with Crippen molar-refractivity contribution in [2.24, 2.45) is 0 Å². The van der Waals surface area contributed by atoms with Crippen molar-refractivity contribution in [1.82, 2.24) is 0 Å². The van der Waals surface area contributed by atoms with Crippen LogP contribution in [0.1, 0.15) is 42.4 Å². The Balaban J connectivity index is 2.36. The summed E-state index contributed by atoms with van der Waals surface area (Å²) in [7, 11) is 0. The number of aliphatic hydroxyl groups excluding tert-OH is 1. The first-order valence-electron chi connectivity index (χ1n) is 5.90. The van der Waals surface area contributed by atoms with E-state index in [9.17, 15) is 0 Å². The molecule has 0 radical (unpaired) electrons. The normalized spacial score (nSPS) is 11.9. The van der Waals surface area contributed by atoms with Gasteiger partial charge >= 0.3 is 0 Å². The summed E-state index contributed by atoms with van der Waals surface area (Å²) in [6.45, 7) is 2.34. The Morgan fingerprint density at radius 1 is 1.12 bits per heavy atom. The monoisotopic (exact) mass is 236 g/mol. The number of hydrogen-bond acceptors (Lipinski definition) is 2. The number of rotatable bonds is 7. The number of aliphatic hydroxyl groups is 1. The second kappa shape index (κ2) is 8.31. The van der Waals surface area contributed by atoms with Gasteiger partial charge < -0.3 is 5.11 Å². The third kappa shape index (κ3) is 5.29. The topological polar surface area (TPSA) is 20.2 Å². The third-order valence-corrected chi connectivity index (χ3v) is 3.31. The van der Waals surface area contributed by atoms with Crippen molar-refractivity contribution in [3.63, 3.8) is 0 Å². The minimum Gasteiger partial charge on any atom is -0.392 e. The maximum Gasteiger partial charge on any atom is 0.0615 e. The largest absolute Gasteiger partial charge is 0.392 e. The van der Waals surface area contributed by atoms with Crippen LogP contribution in [0, 0.1) is 0 Å². The second-order valence-electron chi connectivity index (χ2n) is 3.72. The molecule has 88 valence electrons. The predicted molar refractivity (Wildman–Crippen MR) is 73.6 cm³/mol. The standard InChI is InChI=1S/C14H20OS/c1-2-3-4-5-6-8-13-10-11-14(16-13)9-7-12-15/h6-11,15H,2-5,12H2,1H3/b8-6-,9-7-. The lowest BCUT2D eigenvalue weighted by atomic mass is 10.2. The molecule has 0 saturated heterocycles. The first-order chi connectivity index (χ1) is 7.86. The van der Waals surface area contributed by atoms with Crippen LogP contribution in [0.15, 0.2) is 24.3 Å². The van der Waals surface area contributed by atoms with Gasteiger partial charge in [-0.05, 0) is 37.1 Å². The molecule has 0 unspecified atom stereocenters. The second-order valence-corrected chi connectivity index (χ2v) is 4.87. The van der Waals surface area contributed by atoms with Crippen molar-refractivity contribution >= 4 is 23.5 Å². The van der Waals surface area contributed by atoms with E-state index in [0.717, 1.165) is 0 Å². The van der Waals surface area contributed by atoms with Gasteiger partial charge in [-0.1, -0.05) is 31.9 Å². The minimum atomic E-state index is 0.111. The highest BCUT2D eigenvalue weighted by Gasteiger charge is 1.92. The summed E-state index contributed by atoms with van der Waals surface area (Å²) >= 11 is 1.75. The van der Waals surface area contributed by atoms with E-state index >= 15 is 0 Å². The quantitative estimate of drug-likeness (QED) is 0.698. The lowest BCUT2D eigenvalue weighted by molar-refractivity contribution is 0.343. The predicted octanol–water partition coefficient (Wildman–Crippen LogP) is 4.35. The summed E-state index contributed by atoms with van der Waals surface area (Å²) in [5.41, 5.74) is 0. The van der Waals surface area contributed by atoms with Crippen molar-refractivity contribution < 1.29 is 5.11 Å². The van der Waals surface area contributed by atoms with Gasteiger partial charge in [0.05, 0.1) is 6.61 Å². The maximum absolute atomic E-state index is 8.66. The van der Waals surface area contributed by atoms with Crippen LogP contribution in [-0.2, 0) is 0 Å². The van der Waals surface area contributed by atoms with Crippen LogP contribution in [0.3, 0.4) is 0 Å². The van der Waals surface area contributed by atoms with Crippen LogP contribution < -0.4 is 0 Å². The SMILES string of the molecule is CCCCC/C=C\c1ccc(/C=C\CO)s1. The van der Waals surface area contributed by atoms with Crippen molar-refractivity contribution in [1.29, 1.82) is 0 Å². The van der Waals surface area contributed by atoms with E-state index < -0.39 is 0 Å². The molecule has 1 rings (SSSR count). The molecule has 16 heavy (non-hydrogen) atoms. The Bertz CT molecular complexity index is 336. The lowest BCUT2D eigenvalue weighted by Gasteiger charge is -1.90. The Hall–Kier alpha value is -0.860. The van der Waals surface area contributed by atoms with Gasteiger partial charge in [-0.25, -0.2) is 0 Å². The van der Waals surface area contributed by atoms with Gasteiger partial charge in [-0.3, -0.25) is 0 Å². The summed E-state index contributed by atoms with van der Waals surface area (Å²) in [6, 6.07) is 4.21. The Kier molecular flexibility index (Phi) is 6.86. The van der Waals surface area contributed by atoms with Gasteiger partial charge in [-0.15, -0.1) is 11.3 Å². The molecule has 1 N–H and O–H groups in total. The van der Waals surface area contributed by atoms with Crippen LogP contribution in [-0.4, -0.2) is 11.7 Å². The zero-order valence-electron chi connectivity index (χ0n) is 9.86. The van der Waals surface area contributed by atoms with E-state index in [-0.39, 0.29) is 6.61 Å². The van der Waals surface area contributed by atoms with E-state index in [1.54, 1.807) is 17.4 Å². The van der Waals surface area contributed by atoms with E-state index in [1.165, 1.54) is 35.4 Å². The van der Waals surface area contributed by atoms with Gasteiger partial charge in [0.25, 0.3) is 0 Å². The zero-order valence-corrected chi connectivity index (χ0v) is 10.7. The fourth-order valence-electron chi connectivity index (χ4n) is 1.43. The van der Waals surface area contributed by atoms with E-state index in [1.807, 2.05) is 6.08 Å². The molecule has 0 amide bonds. The van der Waals surface area contributed by atoms with E-state index in [2.05, 4.69) is 31.2 Å². The molecular weight excluding hydrogens is 216 g/mol. The van der Waals surface area contributed by atoms with Gasteiger partial charge in [0.2, 0.25) is 0 Å². The summed E-state index contributed by atoms with van der Waals surface area (Å²) in [6.07, 6.45) is 13.2. The van der Waals surface area contributed by atoms with Gasteiger partial charge in [0.15, 0.2) is 0 Å². The number of allylic oxidation sites excluding steroid dienone is 1. The van der Waals surface area contributed by atoms with E-state index in [0.29, 0.717) is 0 Å². The average Bonchev–Trinajstić information content (AvgIpc) is 2.74. The zero-order chi connectivity index (χ0) is 11.6. The van der Waals surface area contributed by atoms with E-state index in [4.69, 9.17) is 5.11 Å². The molecule has 1 heterocycles. The summed E-state index contributed by atoms with van der Waals surface area (Å²) in [5, 5.41) is 8.66. The maximum atomic E-state index is 8.66. The smallest absolute Gasteiger partial charge is 0.0615 e. The first-order valence-corrected chi connectivity index (χ1v) is 6.72. The van der Waals surface area contributed by atoms with Gasteiger partial charge in [0, 0.05) is 9.75 Å². The molecule has 0 aliphatic rings. The molecule has 1 aromatic heterocycles. The molecule has 0 fully saturated rings. The molecule has 0 bridgehead atoms. The molecule has 0 aliphatic carbocycles. The fraction of sp³-hybridized carbons (Fsp3) is 0.429. The lowest BCUT2D eigenvalue weighted by Crippen LogP contribution is -1.70. The van der Waals surface area contributed by atoms with Crippen molar-refractivity contribution in [2.45, 2.75) is 32.6 Å². The van der Waals surface area contributed by atoms with Crippen LogP contribution in [0.25, 0.3) is 12.2 Å². The van der Waals surface area contributed by atoms with Crippen molar-refractivity contribution in [2.75, 3.05) is 6.61 Å².